The number of carbonyl (C=O) groups is 2. The van der Waals surface area contributed by atoms with E-state index in [4.69, 9.17) is 0 Å². The number of fused-ring (bicyclic) bond motifs is 1. The van der Waals surface area contributed by atoms with Crippen LogP contribution in [0.2, 0.25) is 0 Å². The highest BCUT2D eigenvalue weighted by Gasteiger charge is 2.47. The molecule has 94 valence electrons. The van der Waals surface area contributed by atoms with Crippen LogP contribution in [-0.2, 0) is 0 Å². The highest BCUT2D eigenvalue weighted by Crippen LogP contribution is 2.48. The number of benzene rings is 1. The third-order valence-electron chi connectivity index (χ3n) is 3.72. The van der Waals surface area contributed by atoms with E-state index in [-0.39, 0.29) is 17.2 Å². The first kappa shape index (κ1) is 12.2. The van der Waals surface area contributed by atoms with Crippen molar-refractivity contribution >= 4 is 40.4 Å². The van der Waals surface area contributed by atoms with Crippen LogP contribution < -0.4 is 0 Å². The Balaban J connectivity index is 1.92. The Morgan fingerprint density at radius 3 is 2.50 bits per heavy atom. The lowest BCUT2D eigenvalue weighted by Crippen LogP contribution is -2.36. The van der Waals surface area contributed by atoms with E-state index in [2.05, 4.69) is 28.6 Å². The predicted molar refractivity (Wildman–Crippen MR) is 75.0 cm³/mol. The first-order valence-electron chi connectivity index (χ1n) is 5.83. The molecule has 1 aromatic carbocycles. The quantitative estimate of drug-likeness (QED) is 0.685. The van der Waals surface area contributed by atoms with Gasteiger partial charge in [0.2, 0.25) is 0 Å². The van der Waals surface area contributed by atoms with E-state index in [1.165, 1.54) is 4.90 Å². The molecule has 3 nitrogen and oxygen atoms in total. The normalized spacial score (nSPS) is 20.2. The largest absolute Gasteiger partial charge is 0.274 e. The Hall–Kier alpha value is -0.810. The molecule has 1 aliphatic heterocycles. The number of nitrogens with zero attached hydrogens (tertiary/aromatic N) is 1. The van der Waals surface area contributed by atoms with Gasteiger partial charge in [0.15, 0.2) is 0 Å². The summed E-state index contributed by atoms with van der Waals surface area (Å²) >= 11 is 7.64. The molecule has 0 N–H and O–H groups in total. The molecule has 1 saturated carbocycles. The summed E-state index contributed by atoms with van der Waals surface area (Å²) in [5.74, 6) is 0.379. The zero-order valence-corrected chi connectivity index (χ0v) is 12.1. The maximum Gasteiger partial charge on any atom is 0.261 e. The third kappa shape index (κ3) is 1.80. The average molecular weight is 326 g/mol. The van der Waals surface area contributed by atoms with Crippen LogP contribution in [0.15, 0.2) is 22.7 Å². The number of carbonyl (C=O) groups excluding carboxylic acids is 2. The van der Waals surface area contributed by atoms with Crippen LogP contribution in [0.4, 0.5) is 0 Å². The van der Waals surface area contributed by atoms with Crippen LogP contribution in [0.3, 0.4) is 0 Å². The molecule has 0 bridgehead atoms. The first-order chi connectivity index (χ1) is 8.56. The van der Waals surface area contributed by atoms with Crippen LogP contribution in [-0.4, -0.2) is 29.0 Å². The van der Waals surface area contributed by atoms with Crippen molar-refractivity contribution in [2.75, 3.05) is 12.3 Å². The summed E-state index contributed by atoms with van der Waals surface area (Å²) in [6.45, 7) is 0.500. The van der Waals surface area contributed by atoms with Gasteiger partial charge in [-0.2, -0.15) is 12.6 Å². The fourth-order valence-corrected chi connectivity index (χ4v) is 3.06. The summed E-state index contributed by atoms with van der Waals surface area (Å²) in [4.78, 5) is 25.8. The second-order valence-electron chi connectivity index (χ2n) is 5.04. The molecule has 3 rings (SSSR count). The van der Waals surface area contributed by atoms with Crippen LogP contribution in [0.5, 0.6) is 0 Å². The van der Waals surface area contributed by atoms with Crippen molar-refractivity contribution in [3.05, 3.63) is 33.8 Å². The summed E-state index contributed by atoms with van der Waals surface area (Å²) < 4.78 is 0.819. The Bertz CT molecular complexity index is 554. The van der Waals surface area contributed by atoms with Gasteiger partial charge in [0.05, 0.1) is 11.1 Å². The number of thiol groups is 1. The van der Waals surface area contributed by atoms with Gasteiger partial charge in [0, 0.05) is 11.0 Å². The third-order valence-corrected chi connectivity index (χ3v) is 4.88. The predicted octanol–water partition coefficient (Wildman–Crippen LogP) is 2.76. The van der Waals surface area contributed by atoms with Gasteiger partial charge >= 0.3 is 0 Å². The van der Waals surface area contributed by atoms with Gasteiger partial charge in [-0.1, -0.05) is 15.9 Å². The highest BCUT2D eigenvalue weighted by atomic mass is 79.9. The number of imide groups is 1. The van der Waals surface area contributed by atoms with Gasteiger partial charge in [-0.05, 0) is 42.2 Å². The lowest BCUT2D eigenvalue weighted by atomic mass is 10.1. The molecule has 5 heteroatoms. The van der Waals surface area contributed by atoms with Gasteiger partial charge in [-0.25, -0.2) is 0 Å². The van der Waals surface area contributed by atoms with E-state index in [1.54, 1.807) is 18.2 Å². The zero-order chi connectivity index (χ0) is 12.9. The van der Waals surface area contributed by atoms with Gasteiger partial charge in [-0.3, -0.25) is 14.5 Å². The van der Waals surface area contributed by atoms with E-state index >= 15 is 0 Å². The lowest BCUT2D eigenvalue weighted by Gasteiger charge is -2.20. The van der Waals surface area contributed by atoms with Gasteiger partial charge in [-0.15, -0.1) is 0 Å². The van der Waals surface area contributed by atoms with Crippen molar-refractivity contribution in [3.8, 4) is 0 Å². The van der Waals surface area contributed by atoms with Crippen molar-refractivity contribution in [3.63, 3.8) is 0 Å². The SMILES string of the molecule is O=C1c2ccc(Br)cc2C(=O)N1CC1(CS)CC1. The number of rotatable bonds is 3. The smallest absolute Gasteiger partial charge is 0.261 e. The topological polar surface area (TPSA) is 37.4 Å². The van der Waals surface area contributed by atoms with E-state index in [1.807, 2.05) is 0 Å². The molecule has 0 unspecified atom stereocenters. The maximum absolute atomic E-state index is 12.2. The molecular weight excluding hydrogens is 314 g/mol. The number of hydrogen-bond acceptors (Lipinski definition) is 3. The van der Waals surface area contributed by atoms with E-state index < -0.39 is 0 Å². The Kier molecular flexibility index (Phi) is 2.79. The van der Waals surface area contributed by atoms with Crippen molar-refractivity contribution in [2.45, 2.75) is 12.8 Å². The molecule has 1 fully saturated rings. The van der Waals surface area contributed by atoms with Gasteiger partial charge in [0.25, 0.3) is 11.8 Å². The number of amides is 2. The summed E-state index contributed by atoms with van der Waals surface area (Å²) in [6, 6.07) is 5.22. The molecule has 0 radical (unpaired) electrons. The molecule has 2 aliphatic rings. The molecule has 1 heterocycles. The summed E-state index contributed by atoms with van der Waals surface area (Å²) in [5.41, 5.74) is 1.08. The van der Waals surface area contributed by atoms with Crippen LogP contribution in [0.1, 0.15) is 33.6 Å². The molecule has 0 aromatic heterocycles. The molecule has 0 spiro atoms. The molecule has 0 atom stereocenters. The van der Waals surface area contributed by atoms with Crippen molar-refractivity contribution in [1.29, 1.82) is 0 Å². The number of hydrogen-bond donors (Lipinski definition) is 1. The standard InChI is InChI=1S/C13H12BrNO2S/c14-8-1-2-9-10(5-8)12(17)15(11(9)16)6-13(7-18)3-4-13/h1-2,5,18H,3-4,6-7H2. The van der Waals surface area contributed by atoms with Crippen molar-refractivity contribution < 1.29 is 9.59 Å². The zero-order valence-electron chi connectivity index (χ0n) is 9.65. The summed E-state index contributed by atoms with van der Waals surface area (Å²) in [7, 11) is 0. The summed E-state index contributed by atoms with van der Waals surface area (Å²) in [5, 5.41) is 0. The monoisotopic (exact) mass is 325 g/mol. The molecule has 2 amide bonds. The van der Waals surface area contributed by atoms with Crippen LogP contribution in [0.25, 0.3) is 0 Å². The Labute approximate surface area is 119 Å². The average Bonchev–Trinajstić information content (AvgIpc) is 3.10. The van der Waals surface area contributed by atoms with Crippen LogP contribution in [0, 0.1) is 5.41 Å². The minimum absolute atomic E-state index is 0.0632. The fourth-order valence-electron chi connectivity index (χ4n) is 2.28. The van der Waals surface area contributed by atoms with Crippen molar-refractivity contribution in [1.82, 2.24) is 4.90 Å². The fraction of sp³-hybridized carbons (Fsp3) is 0.385. The molecule has 1 aliphatic carbocycles. The maximum atomic E-state index is 12.2. The molecule has 0 saturated heterocycles. The minimum Gasteiger partial charge on any atom is -0.274 e. The highest BCUT2D eigenvalue weighted by molar-refractivity contribution is 9.10. The van der Waals surface area contributed by atoms with E-state index in [0.29, 0.717) is 17.7 Å². The van der Waals surface area contributed by atoms with E-state index in [9.17, 15) is 9.59 Å². The molecule has 18 heavy (non-hydrogen) atoms. The van der Waals surface area contributed by atoms with Crippen molar-refractivity contribution in [2.24, 2.45) is 5.41 Å². The van der Waals surface area contributed by atoms with Gasteiger partial charge in [0.1, 0.15) is 0 Å². The lowest BCUT2D eigenvalue weighted by molar-refractivity contribution is 0.0626. The van der Waals surface area contributed by atoms with Gasteiger partial charge < -0.3 is 0 Å². The Morgan fingerprint density at radius 2 is 1.89 bits per heavy atom. The number of halogens is 1. The second-order valence-corrected chi connectivity index (χ2v) is 6.28. The summed E-state index contributed by atoms with van der Waals surface area (Å²) in [6.07, 6.45) is 2.10. The first-order valence-corrected chi connectivity index (χ1v) is 7.25. The van der Waals surface area contributed by atoms with E-state index in [0.717, 1.165) is 23.1 Å². The van der Waals surface area contributed by atoms with Crippen LogP contribution >= 0.6 is 28.6 Å². The Morgan fingerprint density at radius 1 is 1.22 bits per heavy atom. The molecule has 1 aromatic rings. The molecular formula is C13H12BrNO2S. The second kappa shape index (κ2) is 4.10. The minimum atomic E-state index is -0.177.